The molecule has 1 aromatic rings. The van der Waals surface area contributed by atoms with Crippen molar-refractivity contribution in [1.82, 2.24) is 5.01 Å². The summed E-state index contributed by atoms with van der Waals surface area (Å²) in [7, 11) is 0. The van der Waals surface area contributed by atoms with Gasteiger partial charge in [-0.2, -0.15) is 10.1 Å². The third-order valence-electron chi connectivity index (χ3n) is 3.71. The Labute approximate surface area is 132 Å². The first-order valence-electron chi connectivity index (χ1n) is 8.00. The average molecular weight is 302 g/mol. The third kappa shape index (κ3) is 3.74. The summed E-state index contributed by atoms with van der Waals surface area (Å²) in [5.41, 5.74) is 0.257. The molecule has 1 amide bonds. The van der Waals surface area contributed by atoms with Crippen LogP contribution in [0.5, 0.6) is 0 Å². The summed E-state index contributed by atoms with van der Waals surface area (Å²) in [4.78, 5) is 12.7. The van der Waals surface area contributed by atoms with E-state index >= 15 is 0 Å². The summed E-state index contributed by atoms with van der Waals surface area (Å²) in [6.45, 7) is 8.32. The molecule has 0 fully saturated rings. The SMILES string of the molecule is CC(C)CC1=NN(C(=O)c2ccccc2)C(O)(CC(C)C)C1. The number of nitrogens with zero attached hydrogens (tertiary/aromatic N) is 2. The fourth-order valence-corrected chi connectivity index (χ4v) is 3.01. The van der Waals surface area contributed by atoms with E-state index in [4.69, 9.17) is 0 Å². The molecule has 1 aliphatic rings. The van der Waals surface area contributed by atoms with Gasteiger partial charge in [-0.3, -0.25) is 4.79 Å². The lowest BCUT2D eigenvalue weighted by molar-refractivity contribution is -0.0835. The first-order valence-corrected chi connectivity index (χ1v) is 8.00. The van der Waals surface area contributed by atoms with E-state index in [9.17, 15) is 9.90 Å². The molecule has 0 radical (unpaired) electrons. The van der Waals surface area contributed by atoms with Gasteiger partial charge in [0.15, 0.2) is 5.72 Å². The fraction of sp³-hybridized carbons (Fsp3) is 0.556. The molecule has 0 spiro atoms. The van der Waals surface area contributed by atoms with Gasteiger partial charge in [0.25, 0.3) is 5.91 Å². The number of hydrogen-bond acceptors (Lipinski definition) is 3. The highest BCUT2D eigenvalue weighted by Crippen LogP contribution is 2.34. The van der Waals surface area contributed by atoms with Crippen LogP contribution in [0.1, 0.15) is 57.3 Å². The van der Waals surface area contributed by atoms with E-state index in [0.29, 0.717) is 24.3 Å². The second kappa shape index (κ2) is 6.61. The van der Waals surface area contributed by atoms with Crippen LogP contribution in [-0.2, 0) is 0 Å². The van der Waals surface area contributed by atoms with Crippen LogP contribution in [0.3, 0.4) is 0 Å². The number of hydrogen-bond donors (Lipinski definition) is 1. The van der Waals surface area contributed by atoms with Gasteiger partial charge in [-0.25, -0.2) is 0 Å². The molecule has 2 rings (SSSR count). The number of carbonyl (C=O) groups is 1. The minimum atomic E-state index is -1.20. The fourth-order valence-electron chi connectivity index (χ4n) is 3.01. The lowest BCUT2D eigenvalue weighted by Crippen LogP contribution is -2.47. The lowest BCUT2D eigenvalue weighted by atomic mass is 9.93. The Morgan fingerprint density at radius 1 is 1.23 bits per heavy atom. The molecule has 4 nitrogen and oxygen atoms in total. The monoisotopic (exact) mass is 302 g/mol. The Morgan fingerprint density at radius 3 is 2.41 bits per heavy atom. The van der Waals surface area contributed by atoms with Crippen molar-refractivity contribution in [3.8, 4) is 0 Å². The summed E-state index contributed by atoms with van der Waals surface area (Å²) in [6, 6.07) is 9.03. The van der Waals surface area contributed by atoms with Gasteiger partial charge in [0.1, 0.15) is 0 Å². The molecule has 1 aliphatic heterocycles. The van der Waals surface area contributed by atoms with Crippen molar-refractivity contribution in [2.24, 2.45) is 16.9 Å². The predicted molar refractivity (Wildman–Crippen MR) is 88.5 cm³/mol. The molecule has 120 valence electrons. The molecule has 1 N–H and O–H groups in total. The Hall–Kier alpha value is -1.68. The molecular weight excluding hydrogens is 276 g/mol. The maximum absolute atomic E-state index is 12.7. The van der Waals surface area contributed by atoms with E-state index in [1.807, 2.05) is 32.0 Å². The number of hydrazone groups is 1. The van der Waals surface area contributed by atoms with Gasteiger partial charge in [0.05, 0.1) is 0 Å². The quantitative estimate of drug-likeness (QED) is 0.902. The zero-order valence-electron chi connectivity index (χ0n) is 13.9. The van der Waals surface area contributed by atoms with Crippen molar-refractivity contribution >= 4 is 11.6 Å². The van der Waals surface area contributed by atoms with Gasteiger partial charge < -0.3 is 5.11 Å². The molecule has 1 unspecified atom stereocenters. The summed E-state index contributed by atoms with van der Waals surface area (Å²) < 4.78 is 0. The summed E-state index contributed by atoms with van der Waals surface area (Å²) in [5.74, 6) is 0.501. The molecule has 0 aromatic heterocycles. The van der Waals surface area contributed by atoms with E-state index in [2.05, 4.69) is 18.9 Å². The molecule has 1 aromatic carbocycles. The van der Waals surface area contributed by atoms with Gasteiger partial charge in [-0.05, 0) is 36.8 Å². The Bertz CT molecular complexity index is 551. The van der Waals surface area contributed by atoms with Crippen LogP contribution in [0.15, 0.2) is 35.4 Å². The van der Waals surface area contributed by atoms with Crippen LogP contribution < -0.4 is 0 Å². The van der Waals surface area contributed by atoms with Crippen molar-refractivity contribution in [2.45, 2.75) is 52.7 Å². The molecule has 0 aliphatic carbocycles. The van der Waals surface area contributed by atoms with Crippen molar-refractivity contribution < 1.29 is 9.90 Å². The standard InChI is InChI=1S/C18H26N2O2/c1-13(2)10-16-12-18(22,11-14(3)4)20(19-16)17(21)15-8-6-5-7-9-15/h5-9,13-14,22H,10-12H2,1-4H3. The molecular formula is C18H26N2O2. The van der Waals surface area contributed by atoms with Gasteiger partial charge in [-0.1, -0.05) is 45.9 Å². The van der Waals surface area contributed by atoms with Crippen molar-refractivity contribution in [3.05, 3.63) is 35.9 Å². The molecule has 0 saturated carbocycles. The Balaban J connectivity index is 2.29. The number of amides is 1. The minimum absolute atomic E-state index is 0.234. The second-order valence-electron chi connectivity index (χ2n) is 7.00. The zero-order valence-corrected chi connectivity index (χ0v) is 13.9. The third-order valence-corrected chi connectivity index (χ3v) is 3.71. The predicted octanol–water partition coefficient (Wildman–Crippen LogP) is 3.67. The highest BCUT2D eigenvalue weighted by Gasteiger charge is 2.44. The highest BCUT2D eigenvalue weighted by molar-refractivity contribution is 5.98. The second-order valence-corrected chi connectivity index (χ2v) is 7.00. The van der Waals surface area contributed by atoms with E-state index < -0.39 is 5.72 Å². The lowest BCUT2D eigenvalue weighted by Gasteiger charge is -2.32. The van der Waals surface area contributed by atoms with Gasteiger partial charge in [0, 0.05) is 17.7 Å². The van der Waals surface area contributed by atoms with Crippen LogP contribution in [0.4, 0.5) is 0 Å². The van der Waals surface area contributed by atoms with E-state index in [0.717, 1.165) is 12.1 Å². The van der Waals surface area contributed by atoms with Crippen LogP contribution in [0.2, 0.25) is 0 Å². The van der Waals surface area contributed by atoms with Gasteiger partial charge in [0.2, 0.25) is 0 Å². The number of benzene rings is 1. The largest absolute Gasteiger partial charge is 0.369 e. The number of rotatable bonds is 5. The number of aliphatic hydroxyl groups is 1. The summed E-state index contributed by atoms with van der Waals surface area (Å²) >= 11 is 0. The molecule has 1 atom stereocenters. The smallest absolute Gasteiger partial charge is 0.276 e. The van der Waals surface area contributed by atoms with E-state index in [1.165, 1.54) is 5.01 Å². The van der Waals surface area contributed by atoms with Crippen LogP contribution in [0.25, 0.3) is 0 Å². The Morgan fingerprint density at radius 2 is 1.86 bits per heavy atom. The highest BCUT2D eigenvalue weighted by atomic mass is 16.3. The molecule has 1 heterocycles. The van der Waals surface area contributed by atoms with Crippen molar-refractivity contribution in [1.29, 1.82) is 0 Å². The van der Waals surface area contributed by atoms with Gasteiger partial charge in [-0.15, -0.1) is 0 Å². The van der Waals surface area contributed by atoms with Crippen LogP contribution in [0, 0.1) is 11.8 Å². The van der Waals surface area contributed by atoms with Crippen LogP contribution >= 0.6 is 0 Å². The zero-order chi connectivity index (χ0) is 16.3. The molecule has 22 heavy (non-hydrogen) atoms. The van der Waals surface area contributed by atoms with Gasteiger partial charge >= 0.3 is 0 Å². The van der Waals surface area contributed by atoms with E-state index in [-0.39, 0.29) is 11.8 Å². The van der Waals surface area contributed by atoms with Crippen molar-refractivity contribution in [2.75, 3.05) is 0 Å². The van der Waals surface area contributed by atoms with Crippen LogP contribution in [-0.4, -0.2) is 27.5 Å². The molecule has 0 bridgehead atoms. The first-order chi connectivity index (χ1) is 10.3. The summed E-state index contributed by atoms with van der Waals surface area (Å²) in [6.07, 6.45) is 1.78. The maximum atomic E-state index is 12.7. The number of carbonyl (C=O) groups excluding carboxylic acids is 1. The first kappa shape index (κ1) is 16.7. The molecule has 4 heteroatoms. The topological polar surface area (TPSA) is 52.9 Å². The summed E-state index contributed by atoms with van der Waals surface area (Å²) in [5, 5.41) is 16.8. The van der Waals surface area contributed by atoms with E-state index in [1.54, 1.807) is 12.1 Å². The normalized spacial score (nSPS) is 21.6. The van der Waals surface area contributed by atoms with Crippen molar-refractivity contribution in [3.63, 3.8) is 0 Å². The minimum Gasteiger partial charge on any atom is -0.369 e. The average Bonchev–Trinajstić information content (AvgIpc) is 2.73. The Kier molecular flexibility index (Phi) is 5.01. The maximum Gasteiger partial charge on any atom is 0.276 e. The molecule has 0 saturated heterocycles.